The van der Waals surface area contributed by atoms with Gasteiger partial charge in [0, 0.05) is 32.7 Å². The standard InChI is InChI=1S/C22H21Cl2N3/c23-21-9-8-17(14-22(21)24)15-25-27-12-10-26(11-13-27)16-19-6-3-5-18-4-1-2-7-20(18)19/h1-9,14-15H,10-13,16H2/b25-15+. The van der Waals surface area contributed by atoms with Crippen LogP contribution in [0.2, 0.25) is 10.0 Å². The number of halogens is 2. The van der Waals surface area contributed by atoms with E-state index in [9.17, 15) is 0 Å². The van der Waals surface area contributed by atoms with E-state index in [2.05, 4.69) is 57.5 Å². The molecule has 0 atom stereocenters. The molecule has 1 saturated heterocycles. The molecule has 1 aliphatic heterocycles. The van der Waals surface area contributed by atoms with Gasteiger partial charge >= 0.3 is 0 Å². The van der Waals surface area contributed by atoms with Gasteiger partial charge in [-0.1, -0.05) is 71.7 Å². The number of fused-ring (bicyclic) bond motifs is 1. The fraction of sp³-hybridized carbons (Fsp3) is 0.227. The number of rotatable bonds is 4. The third kappa shape index (κ3) is 4.44. The largest absolute Gasteiger partial charge is 0.295 e. The van der Waals surface area contributed by atoms with Crippen LogP contribution in [0.1, 0.15) is 11.1 Å². The second-order valence-corrected chi connectivity index (χ2v) is 7.60. The Morgan fingerprint density at radius 1 is 0.852 bits per heavy atom. The van der Waals surface area contributed by atoms with Crippen LogP contribution in [0.3, 0.4) is 0 Å². The zero-order valence-electron chi connectivity index (χ0n) is 15.0. The predicted molar refractivity (Wildman–Crippen MR) is 115 cm³/mol. The van der Waals surface area contributed by atoms with Gasteiger partial charge in [0.2, 0.25) is 0 Å². The van der Waals surface area contributed by atoms with Gasteiger partial charge in [-0.3, -0.25) is 9.91 Å². The van der Waals surface area contributed by atoms with Crippen molar-refractivity contribution in [1.29, 1.82) is 0 Å². The lowest BCUT2D eigenvalue weighted by molar-refractivity contribution is 0.131. The highest BCUT2D eigenvalue weighted by molar-refractivity contribution is 6.42. The van der Waals surface area contributed by atoms with E-state index in [-0.39, 0.29) is 0 Å². The molecule has 0 radical (unpaired) electrons. The average molecular weight is 398 g/mol. The minimum absolute atomic E-state index is 0.556. The molecule has 0 N–H and O–H groups in total. The molecule has 0 aliphatic carbocycles. The van der Waals surface area contributed by atoms with Crippen molar-refractivity contribution in [3.63, 3.8) is 0 Å². The third-order valence-corrected chi connectivity index (χ3v) is 5.68. The first-order valence-electron chi connectivity index (χ1n) is 9.12. The molecule has 0 amide bonds. The monoisotopic (exact) mass is 397 g/mol. The highest BCUT2D eigenvalue weighted by Crippen LogP contribution is 2.22. The summed E-state index contributed by atoms with van der Waals surface area (Å²) in [4.78, 5) is 2.49. The van der Waals surface area contributed by atoms with Gasteiger partial charge in [-0.15, -0.1) is 0 Å². The molecule has 3 aromatic carbocycles. The molecule has 4 rings (SSSR count). The Morgan fingerprint density at radius 2 is 1.63 bits per heavy atom. The zero-order chi connectivity index (χ0) is 18.6. The quantitative estimate of drug-likeness (QED) is 0.556. The van der Waals surface area contributed by atoms with Crippen LogP contribution in [0.25, 0.3) is 10.8 Å². The summed E-state index contributed by atoms with van der Waals surface area (Å²) in [5, 5.41) is 10.5. The van der Waals surface area contributed by atoms with Crippen molar-refractivity contribution >= 4 is 40.2 Å². The van der Waals surface area contributed by atoms with Crippen LogP contribution in [0.4, 0.5) is 0 Å². The molecule has 0 unspecified atom stereocenters. The zero-order valence-corrected chi connectivity index (χ0v) is 16.5. The van der Waals surface area contributed by atoms with Crippen molar-refractivity contribution in [3.05, 3.63) is 81.8 Å². The molecule has 0 saturated carbocycles. The number of hydrogen-bond donors (Lipinski definition) is 0. The van der Waals surface area contributed by atoms with E-state index in [1.54, 1.807) is 6.07 Å². The summed E-state index contributed by atoms with van der Waals surface area (Å²) in [6, 6.07) is 20.7. The number of benzene rings is 3. The van der Waals surface area contributed by atoms with Crippen molar-refractivity contribution in [2.45, 2.75) is 6.54 Å². The van der Waals surface area contributed by atoms with Crippen molar-refractivity contribution < 1.29 is 0 Å². The molecular formula is C22H21Cl2N3. The number of nitrogens with zero attached hydrogens (tertiary/aromatic N) is 3. The number of hydrogen-bond acceptors (Lipinski definition) is 3. The van der Waals surface area contributed by atoms with E-state index in [0.29, 0.717) is 10.0 Å². The Bertz CT molecular complexity index is 957. The maximum absolute atomic E-state index is 6.06. The van der Waals surface area contributed by atoms with Gasteiger partial charge < -0.3 is 0 Å². The van der Waals surface area contributed by atoms with Crippen LogP contribution >= 0.6 is 23.2 Å². The Kier molecular flexibility index (Phi) is 5.63. The topological polar surface area (TPSA) is 18.8 Å². The smallest absolute Gasteiger partial charge is 0.0598 e. The molecule has 3 nitrogen and oxygen atoms in total. The van der Waals surface area contributed by atoms with E-state index in [4.69, 9.17) is 23.2 Å². The fourth-order valence-corrected chi connectivity index (χ4v) is 3.73. The normalized spacial score (nSPS) is 15.7. The Hall–Kier alpha value is -2.07. The highest BCUT2D eigenvalue weighted by Gasteiger charge is 2.16. The SMILES string of the molecule is Clc1ccc(/C=N/N2CCN(Cc3cccc4ccccc34)CC2)cc1Cl. The van der Waals surface area contributed by atoms with Gasteiger partial charge in [0.1, 0.15) is 0 Å². The van der Waals surface area contributed by atoms with Gasteiger partial charge in [-0.25, -0.2) is 0 Å². The Morgan fingerprint density at radius 3 is 2.44 bits per heavy atom. The van der Waals surface area contributed by atoms with Crippen LogP contribution in [0.15, 0.2) is 65.8 Å². The summed E-state index contributed by atoms with van der Waals surface area (Å²) in [6.45, 7) is 4.82. The van der Waals surface area contributed by atoms with Crippen molar-refractivity contribution in [2.75, 3.05) is 26.2 Å². The van der Waals surface area contributed by atoms with Crippen LogP contribution in [0, 0.1) is 0 Å². The fourth-order valence-electron chi connectivity index (χ4n) is 3.42. The van der Waals surface area contributed by atoms with E-state index in [0.717, 1.165) is 38.3 Å². The van der Waals surface area contributed by atoms with Crippen molar-refractivity contribution in [1.82, 2.24) is 9.91 Å². The lowest BCUT2D eigenvalue weighted by Crippen LogP contribution is -2.43. The summed E-state index contributed by atoms with van der Waals surface area (Å²) < 4.78 is 0. The van der Waals surface area contributed by atoms with Crippen LogP contribution in [-0.4, -0.2) is 42.3 Å². The summed E-state index contributed by atoms with van der Waals surface area (Å²) >= 11 is 12.0. The second kappa shape index (κ2) is 8.30. The Labute approximate surface area is 169 Å². The lowest BCUT2D eigenvalue weighted by Gasteiger charge is -2.33. The van der Waals surface area contributed by atoms with E-state index in [1.165, 1.54) is 16.3 Å². The maximum Gasteiger partial charge on any atom is 0.0598 e. The van der Waals surface area contributed by atoms with Crippen molar-refractivity contribution in [3.8, 4) is 0 Å². The highest BCUT2D eigenvalue weighted by atomic mass is 35.5. The second-order valence-electron chi connectivity index (χ2n) is 6.79. The van der Waals surface area contributed by atoms with Crippen LogP contribution in [-0.2, 0) is 6.54 Å². The Balaban J connectivity index is 1.36. The van der Waals surface area contributed by atoms with Crippen molar-refractivity contribution in [2.24, 2.45) is 5.10 Å². The minimum atomic E-state index is 0.556. The summed E-state index contributed by atoms with van der Waals surface area (Å²) in [6.07, 6.45) is 1.85. The molecule has 1 aliphatic rings. The molecule has 0 bridgehead atoms. The summed E-state index contributed by atoms with van der Waals surface area (Å²) in [7, 11) is 0. The lowest BCUT2D eigenvalue weighted by atomic mass is 10.0. The summed E-state index contributed by atoms with van der Waals surface area (Å²) in [5.41, 5.74) is 2.35. The molecule has 3 aromatic rings. The van der Waals surface area contributed by atoms with Gasteiger partial charge in [0.15, 0.2) is 0 Å². The van der Waals surface area contributed by atoms with E-state index < -0.39 is 0 Å². The van der Waals surface area contributed by atoms with E-state index in [1.807, 2.05) is 18.3 Å². The molecule has 27 heavy (non-hydrogen) atoms. The molecule has 1 fully saturated rings. The van der Waals surface area contributed by atoms with Crippen LogP contribution < -0.4 is 0 Å². The molecule has 0 spiro atoms. The van der Waals surface area contributed by atoms with Crippen LogP contribution in [0.5, 0.6) is 0 Å². The predicted octanol–water partition coefficient (Wildman–Crippen LogP) is 5.30. The van der Waals surface area contributed by atoms with Gasteiger partial charge in [-0.05, 0) is 34.0 Å². The third-order valence-electron chi connectivity index (χ3n) is 4.94. The van der Waals surface area contributed by atoms with Gasteiger partial charge in [0.05, 0.1) is 16.3 Å². The first kappa shape index (κ1) is 18.3. The van der Waals surface area contributed by atoms with Gasteiger partial charge in [0.25, 0.3) is 0 Å². The molecule has 5 heteroatoms. The summed E-state index contributed by atoms with van der Waals surface area (Å²) in [5.74, 6) is 0. The minimum Gasteiger partial charge on any atom is -0.295 e. The first-order chi connectivity index (χ1) is 13.2. The number of piperazine rings is 1. The molecule has 1 heterocycles. The maximum atomic E-state index is 6.06. The van der Waals surface area contributed by atoms with Gasteiger partial charge in [-0.2, -0.15) is 5.10 Å². The molecule has 138 valence electrons. The first-order valence-corrected chi connectivity index (χ1v) is 9.87. The van der Waals surface area contributed by atoms with E-state index >= 15 is 0 Å². The number of hydrazone groups is 1. The average Bonchev–Trinajstić information content (AvgIpc) is 2.70. The molecule has 0 aromatic heterocycles. The molecular weight excluding hydrogens is 377 g/mol.